The van der Waals surface area contributed by atoms with Gasteiger partial charge in [-0.1, -0.05) is 26.0 Å². The van der Waals surface area contributed by atoms with Crippen molar-refractivity contribution >= 4 is 5.69 Å². The molecule has 0 heterocycles. The number of rotatable bonds is 5. The van der Waals surface area contributed by atoms with Crippen LogP contribution in [-0.4, -0.2) is 13.1 Å². The molecule has 2 heteroatoms. The minimum Gasteiger partial charge on any atom is -0.372 e. The average molecular weight is 220 g/mol. The van der Waals surface area contributed by atoms with Crippen molar-refractivity contribution in [2.24, 2.45) is 11.7 Å². The standard InChI is InChI=1S/C14H24N2/c1-5-16(10-11(2)3)14-8-6-13(7-9-14)12(4)15/h6-9,11-12H,5,10,15H2,1-4H3. The van der Waals surface area contributed by atoms with Crippen LogP contribution in [0.25, 0.3) is 0 Å². The molecule has 0 saturated heterocycles. The summed E-state index contributed by atoms with van der Waals surface area (Å²) >= 11 is 0. The Morgan fingerprint density at radius 1 is 1.12 bits per heavy atom. The molecule has 0 aliphatic carbocycles. The van der Waals surface area contributed by atoms with Gasteiger partial charge in [-0.2, -0.15) is 0 Å². The third-order valence-electron chi connectivity index (χ3n) is 2.75. The molecule has 1 unspecified atom stereocenters. The van der Waals surface area contributed by atoms with E-state index >= 15 is 0 Å². The van der Waals surface area contributed by atoms with Gasteiger partial charge in [0, 0.05) is 24.8 Å². The van der Waals surface area contributed by atoms with Crippen LogP contribution < -0.4 is 10.6 Å². The van der Waals surface area contributed by atoms with E-state index in [9.17, 15) is 0 Å². The predicted molar refractivity (Wildman–Crippen MR) is 71.8 cm³/mol. The number of nitrogens with zero attached hydrogens (tertiary/aromatic N) is 1. The first kappa shape index (κ1) is 13.0. The SMILES string of the molecule is CCN(CC(C)C)c1ccc(C(C)N)cc1. The molecule has 1 aromatic rings. The van der Waals surface area contributed by atoms with Gasteiger partial charge in [0.15, 0.2) is 0 Å². The summed E-state index contributed by atoms with van der Waals surface area (Å²) in [5.41, 5.74) is 8.33. The van der Waals surface area contributed by atoms with Crippen LogP contribution >= 0.6 is 0 Å². The highest BCUT2D eigenvalue weighted by molar-refractivity contribution is 5.47. The van der Waals surface area contributed by atoms with E-state index in [-0.39, 0.29) is 6.04 Å². The molecule has 0 aromatic heterocycles. The average Bonchev–Trinajstić information content (AvgIpc) is 2.25. The third-order valence-corrected chi connectivity index (χ3v) is 2.75. The van der Waals surface area contributed by atoms with Gasteiger partial charge in [-0.15, -0.1) is 0 Å². The summed E-state index contributed by atoms with van der Waals surface area (Å²) in [7, 11) is 0. The Morgan fingerprint density at radius 2 is 1.69 bits per heavy atom. The van der Waals surface area contributed by atoms with Crippen molar-refractivity contribution in [3.63, 3.8) is 0 Å². The van der Waals surface area contributed by atoms with E-state index < -0.39 is 0 Å². The number of hydrogen-bond acceptors (Lipinski definition) is 2. The fourth-order valence-corrected chi connectivity index (χ4v) is 1.85. The highest BCUT2D eigenvalue weighted by Crippen LogP contribution is 2.18. The fraction of sp³-hybridized carbons (Fsp3) is 0.571. The number of benzene rings is 1. The van der Waals surface area contributed by atoms with E-state index in [0.29, 0.717) is 5.92 Å². The lowest BCUT2D eigenvalue weighted by Crippen LogP contribution is -2.27. The third kappa shape index (κ3) is 3.53. The van der Waals surface area contributed by atoms with Crippen molar-refractivity contribution in [2.45, 2.75) is 33.7 Å². The molecule has 0 bridgehead atoms. The van der Waals surface area contributed by atoms with E-state index in [1.165, 1.54) is 11.3 Å². The highest BCUT2D eigenvalue weighted by Gasteiger charge is 2.07. The number of nitrogens with two attached hydrogens (primary N) is 1. The zero-order valence-corrected chi connectivity index (χ0v) is 10.9. The Labute approximate surface area is 99.5 Å². The van der Waals surface area contributed by atoms with Crippen LogP contribution in [0.3, 0.4) is 0 Å². The second-order valence-corrected chi connectivity index (χ2v) is 4.81. The molecule has 0 amide bonds. The quantitative estimate of drug-likeness (QED) is 0.825. The zero-order valence-electron chi connectivity index (χ0n) is 10.9. The molecule has 0 spiro atoms. The summed E-state index contributed by atoms with van der Waals surface area (Å²) in [6.07, 6.45) is 0. The van der Waals surface area contributed by atoms with Crippen molar-refractivity contribution < 1.29 is 0 Å². The minimum absolute atomic E-state index is 0.120. The Kier molecular flexibility index (Phi) is 4.81. The number of anilines is 1. The van der Waals surface area contributed by atoms with Crippen LogP contribution in [0.5, 0.6) is 0 Å². The van der Waals surface area contributed by atoms with Crippen molar-refractivity contribution in [3.05, 3.63) is 29.8 Å². The van der Waals surface area contributed by atoms with Crippen LogP contribution in [0.4, 0.5) is 5.69 Å². The first-order valence-corrected chi connectivity index (χ1v) is 6.15. The lowest BCUT2D eigenvalue weighted by atomic mass is 10.1. The van der Waals surface area contributed by atoms with Crippen LogP contribution in [-0.2, 0) is 0 Å². The largest absolute Gasteiger partial charge is 0.372 e. The van der Waals surface area contributed by atoms with Crippen molar-refractivity contribution in [1.82, 2.24) is 0 Å². The summed E-state index contributed by atoms with van der Waals surface area (Å²) in [5, 5.41) is 0. The summed E-state index contributed by atoms with van der Waals surface area (Å²) in [4.78, 5) is 2.40. The van der Waals surface area contributed by atoms with Crippen LogP contribution in [0, 0.1) is 5.92 Å². The zero-order chi connectivity index (χ0) is 12.1. The van der Waals surface area contributed by atoms with Crippen LogP contribution in [0.15, 0.2) is 24.3 Å². The predicted octanol–water partition coefficient (Wildman–Crippen LogP) is 3.19. The summed E-state index contributed by atoms with van der Waals surface area (Å²) < 4.78 is 0. The molecule has 16 heavy (non-hydrogen) atoms. The van der Waals surface area contributed by atoms with Gasteiger partial charge in [0.05, 0.1) is 0 Å². The molecule has 2 nitrogen and oxygen atoms in total. The monoisotopic (exact) mass is 220 g/mol. The molecular weight excluding hydrogens is 196 g/mol. The normalized spacial score (nSPS) is 12.9. The molecule has 0 saturated carbocycles. The van der Waals surface area contributed by atoms with Gasteiger partial charge in [0.25, 0.3) is 0 Å². The molecule has 2 N–H and O–H groups in total. The van der Waals surface area contributed by atoms with Gasteiger partial charge in [0.1, 0.15) is 0 Å². The molecule has 1 atom stereocenters. The number of hydrogen-bond donors (Lipinski definition) is 1. The molecule has 0 fully saturated rings. The van der Waals surface area contributed by atoms with E-state index in [4.69, 9.17) is 5.73 Å². The molecule has 0 aliphatic rings. The van der Waals surface area contributed by atoms with Gasteiger partial charge >= 0.3 is 0 Å². The Morgan fingerprint density at radius 3 is 2.06 bits per heavy atom. The second kappa shape index (κ2) is 5.90. The molecule has 1 rings (SSSR count). The van der Waals surface area contributed by atoms with Crippen LogP contribution in [0.2, 0.25) is 0 Å². The minimum atomic E-state index is 0.120. The van der Waals surface area contributed by atoms with Crippen molar-refractivity contribution in [2.75, 3.05) is 18.0 Å². The smallest absolute Gasteiger partial charge is 0.0366 e. The summed E-state index contributed by atoms with van der Waals surface area (Å²) in [6.45, 7) is 10.9. The lowest BCUT2D eigenvalue weighted by molar-refractivity contribution is 0.618. The first-order chi connectivity index (χ1) is 7.54. The molecular formula is C14H24N2. The molecule has 0 radical (unpaired) electrons. The fourth-order valence-electron chi connectivity index (χ4n) is 1.85. The Bertz CT molecular complexity index is 301. The molecule has 1 aromatic carbocycles. The van der Waals surface area contributed by atoms with E-state index in [1.54, 1.807) is 0 Å². The summed E-state index contributed by atoms with van der Waals surface area (Å²) in [5.74, 6) is 0.688. The van der Waals surface area contributed by atoms with Crippen molar-refractivity contribution in [3.8, 4) is 0 Å². The lowest BCUT2D eigenvalue weighted by Gasteiger charge is -2.25. The maximum Gasteiger partial charge on any atom is 0.0366 e. The molecule has 90 valence electrons. The van der Waals surface area contributed by atoms with Gasteiger partial charge in [-0.3, -0.25) is 0 Å². The Balaban J connectivity index is 2.78. The second-order valence-electron chi connectivity index (χ2n) is 4.81. The summed E-state index contributed by atoms with van der Waals surface area (Å²) in [6, 6.07) is 8.72. The topological polar surface area (TPSA) is 29.3 Å². The van der Waals surface area contributed by atoms with Gasteiger partial charge in [-0.25, -0.2) is 0 Å². The highest BCUT2D eigenvalue weighted by atomic mass is 15.1. The molecule has 0 aliphatic heterocycles. The Hall–Kier alpha value is -1.02. The van der Waals surface area contributed by atoms with Crippen molar-refractivity contribution in [1.29, 1.82) is 0 Å². The van der Waals surface area contributed by atoms with E-state index in [2.05, 4.69) is 49.9 Å². The van der Waals surface area contributed by atoms with Gasteiger partial charge in [0.2, 0.25) is 0 Å². The van der Waals surface area contributed by atoms with Gasteiger partial charge < -0.3 is 10.6 Å². The maximum atomic E-state index is 5.84. The van der Waals surface area contributed by atoms with Crippen LogP contribution in [0.1, 0.15) is 39.3 Å². The van der Waals surface area contributed by atoms with E-state index in [0.717, 1.165) is 13.1 Å². The van der Waals surface area contributed by atoms with E-state index in [1.807, 2.05) is 6.92 Å². The maximum absolute atomic E-state index is 5.84. The first-order valence-electron chi connectivity index (χ1n) is 6.15. The van der Waals surface area contributed by atoms with Gasteiger partial charge in [-0.05, 0) is 37.5 Å².